The first-order valence-corrected chi connectivity index (χ1v) is 19.5. The Morgan fingerprint density at radius 3 is 2.37 bits per heavy atom. The van der Waals surface area contributed by atoms with E-state index in [9.17, 15) is 24.0 Å². The van der Waals surface area contributed by atoms with Crippen LogP contribution in [0.2, 0.25) is 0 Å². The maximum atomic E-state index is 13.0. The van der Waals surface area contributed by atoms with E-state index in [0.29, 0.717) is 64.4 Å². The van der Waals surface area contributed by atoms with Crippen molar-refractivity contribution in [1.82, 2.24) is 36.1 Å². The number of carbonyl (C=O) groups is 5. The van der Waals surface area contributed by atoms with Crippen LogP contribution >= 0.6 is 11.8 Å². The fraction of sp³-hybridized carbons (Fsp3) is 0.735. The molecular weight excluding hydrogens is 799 g/mol. The number of fused-ring (bicyclic) bond motifs is 1. The summed E-state index contributed by atoms with van der Waals surface area (Å²) in [6, 6.07) is -1.02. The number of nitrogens with two attached hydrogens (primary N) is 1. The zero-order chi connectivity index (χ0) is 38.2. The molecular formula is C34H56N9O9SY-. The minimum atomic E-state index is -0.844. The van der Waals surface area contributed by atoms with Crippen LogP contribution in [0.15, 0.2) is 6.33 Å². The van der Waals surface area contributed by atoms with E-state index in [0.717, 1.165) is 31.4 Å². The van der Waals surface area contributed by atoms with Crippen LogP contribution in [0.3, 0.4) is 0 Å². The molecule has 3 aliphatic rings. The monoisotopic (exact) mass is 855 g/mol. The average Bonchev–Trinajstić information content (AvgIpc) is 3.88. The maximum absolute atomic E-state index is 13.0. The number of urea groups is 2. The summed E-state index contributed by atoms with van der Waals surface area (Å²) in [5.74, 6) is 0.253. The smallest absolute Gasteiger partial charge is 0.317 e. The first-order chi connectivity index (χ1) is 25.5. The van der Waals surface area contributed by atoms with Gasteiger partial charge in [-0.2, -0.15) is 11.8 Å². The van der Waals surface area contributed by atoms with Crippen LogP contribution in [-0.4, -0.2) is 127 Å². The van der Waals surface area contributed by atoms with Crippen molar-refractivity contribution in [2.24, 2.45) is 11.7 Å². The molecule has 3 fully saturated rings. The number of thioether (sulfide) groups is 1. The van der Waals surface area contributed by atoms with Gasteiger partial charge in [0.1, 0.15) is 12.0 Å². The number of unbranched alkanes of at least 4 members (excludes halogenated alkanes) is 1. The van der Waals surface area contributed by atoms with Crippen molar-refractivity contribution in [3.05, 3.63) is 18.4 Å². The van der Waals surface area contributed by atoms with Gasteiger partial charge in [-0.1, -0.05) is 32.8 Å². The van der Waals surface area contributed by atoms with Gasteiger partial charge in [0, 0.05) is 75.7 Å². The molecule has 7 atom stereocenters. The first-order valence-electron chi connectivity index (χ1n) is 18.5. The van der Waals surface area contributed by atoms with E-state index in [1.807, 2.05) is 25.6 Å². The van der Waals surface area contributed by atoms with Crippen molar-refractivity contribution >= 4 is 47.4 Å². The summed E-state index contributed by atoms with van der Waals surface area (Å²) < 4.78 is 24.1. The van der Waals surface area contributed by atoms with Crippen LogP contribution in [0.1, 0.15) is 76.0 Å². The van der Waals surface area contributed by atoms with Gasteiger partial charge < -0.3 is 51.3 Å². The van der Waals surface area contributed by atoms with Crippen molar-refractivity contribution in [3.63, 3.8) is 0 Å². The third kappa shape index (κ3) is 14.8. The molecule has 7 amide bonds. The predicted octanol–water partition coefficient (Wildman–Crippen LogP) is 1.04. The zero-order valence-electron chi connectivity index (χ0n) is 31.4. The number of anilines is 1. The number of hydrogen-bond donors (Lipinski definition) is 7. The summed E-state index contributed by atoms with van der Waals surface area (Å²) in [6.07, 6.45) is 7.01. The summed E-state index contributed by atoms with van der Waals surface area (Å²) in [5.41, 5.74) is 5.34. The van der Waals surface area contributed by atoms with Gasteiger partial charge in [-0.15, -0.1) is 5.92 Å². The Hall–Kier alpha value is -2.55. The predicted molar refractivity (Wildman–Crippen MR) is 197 cm³/mol. The van der Waals surface area contributed by atoms with Gasteiger partial charge in [0.05, 0.1) is 58.1 Å². The van der Waals surface area contributed by atoms with E-state index in [-0.39, 0.29) is 92.6 Å². The minimum absolute atomic E-state index is 0. The third-order valence-corrected chi connectivity index (χ3v) is 10.5. The zero-order valence-corrected chi connectivity index (χ0v) is 35.1. The van der Waals surface area contributed by atoms with Gasteiger partial charge in [-0.25, -0.2) is 14.6 Å². The average molecular weight is 856 g/mol. The molecule has 1 aromatic heterocycles. The van der Waals surface area contributed by atoms with Gasteiger partial charge in [0.25, 0.3) is 5.91 Å². The van der Waals surface area contributed by atoms with E-state index in [2.05, 4.69) is 43.3 Å². The van der Waals surface area contributed by atoms with Crippen molar-refractivity contribution in [2.45, 2.75) is 95.0 Å². The van der Waals surface area contributed by atoms with E-state index in [4.69, 9.17) is 24.7 Å². The number of ether oxygens (including phenoxy) is 4. The molecule has 0 aliphatic carbocycles. The second-order valence-electron chi connectivity index (χ2n) is 13.3. The van der Waals surface area contributed by atoms with Gasteiger partial charge >= 0.3 is 12.1 Å². The Kier molecular flexibility index (Phi) is 20.5. The van der Waals surface area contributed by atoms with Crippen molar-refractivity contribution < 1.29 is 75.6 Å². The van der Waals surface area contributed by atoms with Gasteiger partial charge in [-0.05, 0) is 19.8 Å². The summed E-state index contributed by atoms with van der Waals surface area (Å²) in [7, 11) is 0. The van der Waals surface area contributed by atoms with Crippen molar-refractivity contribution in [1.29, 1.82) is 0 Å². The Morgan fingerprint density at radius 2 is 1.72 bits per heavy atom. The molecule has 0 aromatic carbocycles. The quantitative estimate of drug-likeness (QED) is 0.0441. The van der Waals surface area contributed by atoms with Gasteiger partial charge in [0.2, 0.25) is 11.8 Å². The number of primary amides is 1. The van der Waals surface area contributed by atoms with Crippen molar-refractivity contribution in [3.8, 4) is 0 Å². The Labute approximate surface area is 346 Å². The standard InChI is InChI=1S/C34H56N9O9S.Y/c1-4-23-17-21(2)32(52-23)43-20-38-29(30(43)42-33(35)47)31(46)39-22(3)18-27(45)37-10-12-50-14-16-51-15-13-49-11-9-36-26(44)8-6-5-7-25-28-24(19-53-25)40-34(48)41-28;/h17,20-25,28,32H,4-16,18-19H2,1-3H3,(H,36,44)(H,37,45)(H,39,46)(H3,35,42,47)(H2,40,41,48);/q-1;/t21-,22?,23+,24?,25?,28?,32+;/m0./s1. The van der Waals surface area contributed by atoms with E-state index in [1.165, 1.54) is 6.33 Å². The molecule has 8 N–H and O–H groups in total. The summed E-state index contributed by atoms with van der Waals surface area (Å²) in [5, 5.41) is 17.2. The molecule has 1 radical (unpaired) electrons. The second-order valence-corrected chi connectivity index (χ2v) is 14.6. The number of amides is 7. The van der Waals surface area contributed by atoms with E-state index >= 15 is 0 Å². The number of nitrogens with zero attached hydrogens (tertiary/aromatic N) is 2. The molecule has 0 bridgehead atoms. The van der Waals surface area contributed by atoms with Crippen LogP contribution in [-0.2, 0) is 61.2 Å². The molecule has 4 rings (SSSR count). The fourth-order valence-corrected chi connectivity index (χ4v) is 7.96. The van der Waals surface area contributed by atoms with E-state index in [1.54, 1.807) is 11.5 Å². The maximum Gasteiger partial charge on any atom is 0.317 e. The second kappa shape index (κ2) is 24.2. The first kappa shape index (κ1) is 45.8. The molecule has 54 heavy (non-hydrogen) atoms. The Balaban J connectivity index is 0.00000784. The normalized spacial score (nSPS) is 23.4. The number of carbonyl (C=O) groups excluding carboxylic acids is 5. The number of imidazole rings is 1. The Bertz CT molecular complexity index is 1380. The summed E-state index contributed by atoms with van der Waals surface area (Å²) >= 11 is 1.88. The SMILES string of the molecule is CC[C@@H]1[CH-][C@H](C)[C@H](n2cnc(C(=O)NC(C)CC(=O)NCCOCCOCCOCCNC(=O)CCCCC3SCC4NC(=O)NC43)c2NC(N)=O)O1.[Y]. The van der Waals surface area contributed by atoms with Crippen LogP contribution < -0.4 is 37.6 Å². The van der Waals surface area contributed by atoms with Crippen molar-refractivity contribution in [2.75, 3.05) is 63.8 Å². The Morgan fingerprint density at radius 1 is 1.06 bits per heavy atom. The molecule has 0 saturated carbocycles. The molecule has 301 valence electrons. The number of aromatic nitrogens is 2. The van der Waals surface area contributed by atoms with Crippen LogP contribution in [0.25, 0.3) is 0 Å². The summed E-state index contributed by atoms with van der Waals surface area (Å²) in [6.45, 7) is 8.59. The topological polar surface area (TPSA) is 238 Å². The van der Waals surface area contributed by atoms with Gasteiger partial charge in [0.15, 0.2) is 5.69 Å². The molecule has 20 heteroatoms. The number of hydrogen-bond acceptors (Lipinski definition) is 11. The van der Waals surface area contributed by atoms with Crippen LogP contribution in [0.4, 0.5) is 15.4 Å². The molecule has 1 aromatic rings. The van der Waals surface area contributed by atoms with Crippen LogP contribution in [0, 0.1) is 12.3 Å². The molecule has 0 spiro atoms. The molecule has 3 aliphatic heterocycles. The van der Waals surface area contributed by atoms with Gasteiger partial charge in [-0.3, -0.25) is 30.7 Å². The number of rotatable bonds is 24. The van der Waals surface area contributed by atoms with E-state index < -0.39 is 24.2 Å². The third-order valence-electron chi connectivity index (χ3n) is 9.04. The largest absolute Gasteiger partial charge is 0.389 e. The fourth-order valence-electron chi connectivity index (χ4n) is 6.42. The number of nitrogens with one attached hydrogen (secondary N) is 6. The molecule has 3 saturated heterocycles. The molecule has 4 heterocycles. The molecule has 18 nitrogen and oxygen atoms in total. The minimum Gasteiger partial charge on any atom is -0.389 e. The van der Waals surface area contributed by atoms with Crippen LogP contribution in [0.5, 0.6) is 0 Å². The molecule has 4 unspecified atom stereocenters. The summed E-state index contributed by atoms with van der Waals surface area (Å²) in [4.78, 5) is 64.9.